The summed E-state index contributed by atoms with van der Waals surface area (Å²) >= 11 is 6.01. The Labute approximate surface area is 241 Å². The summed E-state index contributed by atoms with van der Waals surface area (Å²) in [4.78, 5) is 8.36. The van der Waals surface area contributed by atoms with E-state index in [-0.39, 0.29) is 6.47 Å². The van der Waals surface area contributed by atoms with Crippen molar-refractivity contribution in [1.29, 1.82) is 0 Å². The third-order valence-corrected chi connectivity index (χ3v) is 13.1. The summed E-state index contributed by atoms with van der Waals surface area (Å²) in [6.07, 6.45) is 18.1. The van der Waals surface area contributed by atoms with Crippen LogP contribution < -0.4 is 5.32 Å². The summed E-state index contributed by atoms with van der Waals surface area (Å²) in [6.45, 7) is 23.5. The van der Waals surface area contributed by atoms with Crippen LogP contribution in [-0.2, 0) is 4.79 Å². The monoisotopic (exact) mass is 551 g/mol. The number of carbonyl (C=O) groups is 1. The molecule has 4 heteroatoms. The summed E-state index contributed by atoms with van der Waals surface area (Å²) in [7, 11) is 0. The van der Waals surface area contributed by atoms with Crippen molar-refractivity contribution in [3.8, 4) is 0 Å². The molecule has 0 aromatic carbocycles. The lowest BCUT2D eigenvalue weighted by atomic mass is 9.33. The summed E-state index contributed by atoms with van der Waals surface area (Å²) in [5.41, 5.74) is 2.36. The molecule has 5 fully saturated rings. The summed E-state index contributed by atoms with van der Waals surface area (Å²) in [6, 6.07) is 0.687. The minimum Gasteiger partial charge on any atom is -0.483 e. The first-order valence-electron chi connectivity index (χ1n) is 16.0. The van der Waals surface area contributed by atoms with Gasteiger partial charge in [-0.05, 0) is 122 Å². The standard InChI is InChI=1S/C28H48ClN.C3H6.C2H6.CH2O2/c1-19-20-10-14-28(5)24(26(20,3)13-11-23(19)30-18-17-29)9-8-22-21-7-6-12-25(21,2)15-16-27(22,28)4;1-3-2;1-2;2-1-3/h19-24,30H,6-18H2,1-5H3;3H,1H2,2H3;1-2H3;1H,(H,2,3)/t19?,20?,21-,22?,23?,24?,25?,26?,27-,28?;;;/m1.../s1. The fourth-order valence-corrected chi connectivity index (χ4v) is 11.2. The zero-order chi connectivity index (χ0) is 28.8. The molecule has 0 aliphatic heterocycles. The molecule has 5 saturated carbocycles. The van der Waals surface area contributed by atoms with Crippen molar-refractivity contribution in [2.75, 3.05) is 12.4 Å². The van der Waals surface area contributed by atoms with Gasteiger partial charge in [0.2, 0.25) is 0 Å². The largest absolute Gasteiger partial charge is 0.483 e. The minimum absolute atomic E-state index is 0.250. The van der Waals surface area contributed by atoms with Crippen LogP contribution in [0.5, 0.6) is 0 Å². The SMILES string of the molecule is C=CC.CC.CC1C(NCCCl)CCC2(C)C1CCC1(C)C2CCC2[C@H]3CCCC3(C)CC[C@]21C.O=CO. The third-order valence-electron chi connectivity index (χ3n) is 12.9. The van der Waals surface area contributed by atoms with Gasteiger partial charge in [-0.2, -0.15) is 0 Å². The number of allylic oxidation sites excluding steroid dienone is 1. The number of rotatable bonds is 3. The molecule has 3 nitrogen and oxygen atoms in total. The molecule has 0 saturated heterocycles. The second-order valence-corrected chi connectivity index (χ2v) is 14.4. The molecule has 222 valence electrons. The molecule has 0 spiro atoms. The van der Waals surface area contributed by atoms with Crippen LogP contribution in [0.2, 0.25) is 0 Å². The third kappa shape index (κ3) is 5.77. The maximum atomic E-state index is 8.36. The number of fused-ring (bicyclic) bond motifs is 7. The molecule has 38 heavy (non-hydrogen) atoms. The van der Waals surface area contributed by atoms with Crippen LogP contribution in [0.3, 0.4) is 0 Å². The Morgan fingerprint density at radius 3 is 2.13 bits per heavy atom. The number of carboxylic acid groups (broad SMARTS) is 1. The van der Waals surface area contributed by atoms with Crippen LogP contribution >= 0.6 is 11.6 Å². The zero-order valence-electron chi connectivity index (χ0n) is 26.3. The first kappa shape index (κ1) is 33.7. The Hall–Kier alpha value is -0.540. The molecular weight excluding hydrogens is 490 g/mol. The summed E-state index contributed by atoms with van der Waals surface area (Å²) < 4.78 is 0. The normalized spacial score (nSPS) is 46.4. The second-order valence-electron chi connectivity index (χ2n) is 14.0. The van der Waals surface area contributed by atoms with E-state index in [4.69, 9.17) is 21.5 Å². The Bertz CT molecular complexity index is 753. The first-order chi connectivity index (χ1) is 18.0. The van der Waals surface area contributed by atoms with Gasteiger partial charge in [-0.15, -0.1) is 18.2 Å². The van der Waals surface area contributed by atoms with Crippen molar-refractivity contribution < 1.29 is 9.90 Å². The number of hydrogen-bond acceptors (Lipinski definition) is 2. The van der Waals surface area contributed by atoms with E-state index in [9.17, 15) is 0 Å². The van der Waals surface area contributed by atoms with E-state index >= 15 is 0 Å². The molecule has 0 bridgehead atoms. The van der Waals surface area contributed by atoms with Crippen LogP contribution in [0, 0.1) is 51.2 Å². The Morgan fingerprint density at radius 2 is 1.53 bits per heavy atom. The van der Waals surface area contributed by atoms with Gasteiger partial charge in [-0.25, -0.2) is 0 Å². The van der Waals surface area contributed by atoms with Crippen LogP contribution in [0.1, 0.15) is 126 Å². The molecule has 5 aliphatic rings. The van der Waals surface area contributed by atoms with Gasteiger partial charge in [0.05, 0.1) is 0 Å². The van der Waals surface area contributed by atoms with Gasteiger partial charge < -0.3 is 10.4 Å². The minimum atomic E-state index is -0.250. The van der Waals surface area contributed by atoms with Crippen LogP contribution in [0.4, 0.5) is 0 Å². The fourth-order valence-electron chi connectivity index (χ4n) is 11.0. The number of alkyl halides is 1. The van der Waals surface area contributed by atoms with Gasteiger partial charge in [0.25, 0.3) is 6.47 Å². The van der Waals surface area contributed by atoms with Crippen molar-refractivity contribution in [2.45, 2.75) is 132 Å². The number of halogens is 1. The van der Waals surface area contributed by atoms with Crippen LogP contribution in [-0.4, -0.2) is 30.0 Å². The topological polar surface area (TPSA) is 49.3 Å². The molecule has 0 amide bonds. The smallest absolute Gasteiger partial charge is 0.290 e. The molecule has 0 aromatic rings. The second kappa shape index (κ2) is 13.9. The quantitative estimate of drug-likeness (QED) is 0.208. The highest BCUT2D eigenvalue weighted by Crippen LogP contribution is 2.75. The van der Waals surface area contributed by atoms with E-state index in [0.717, 1.165) is 42.0 Å². The van der Waals surface area contributed by atoms with E-state index in [1.807, 2.05) is 20.8 Å². The zero-order valence-corrected chi connectivity index (χ0v) is 27.0. The first-order valence-corrected chi connectivity index (χ1v) is 16.5. The Morgan fingerprint density at radius 1 is 0.895 bits per heavy atom. The van der Waals surface area contributed by atoms with Gasteiger partial charge in [0.15, 0.2) is 0 Å². The highest BCUT2D eigenvalue weighted by atomic mass is 35.5. The Kier molecular flexibility index (Phi) is 12.3. The molecule has 10 atom stereocenters. The Balaban J connectivity index is 0.000000571. The van der Waals surface area contributed by atoms with E-state index in [1.54, 1.807) is 6.08 Å². The molecule has 2 N–H and O–H groups in total. The predicted molar refractivity (Wildman–Crippen MR) is 165 cm³/mol. The van der Waals surface area contributed by atoms with Crippen molar-refractivity contribution in [2.24, 2.45) is 51.2 Å². The van der Waals surface area contributed by atoms with Gasteiger partial charge >= 0.3 is 0 Å². The van der Waals surface area contributed by atoms with Gasteiger partial charge in [-0.3, -0.25) is 4.79 Å². The van der Waals surface area contributed by atoms with E-state index < -0.39 is 0 Å². The highest BCUT2D eigenvalue weighted by molar-refractivity contribution is 6.18. The predicted octanol–water partition coefficient (Wildman–Crippen LogP) is 9.59. The lowest BCUT2D eigenvalue weighted by Gasteiger charge is -2.71. The average Bonchev–Trinajstić information content (AvgIpc) is 3.28. The molecular formula is C34H62ClNO2. The van der Waals surface area contributed by atoms with Gasteiger partial charge in [0, 0.05) is 18.5 Å². The lowest BCUT2D eigenvalue weighted by Crippen LogP contribution is -2.65. The highest BCUT2D eigenvalue weighted by Gasteiger charge is 2.68. The van der Waals surface area contributed by atoms with Crippen molar-refractivity contribution in [1.82, 2.24) is 5.32 Å². The van der Waals surface area contributed by atoms with E-state index in [2.05, 4.69) is 46.5 Å². The molecule has 5 rings (SSSR count). The van der Waals surface area contributed by atoms with Gasteiger partial charge in [0.1, 0.15) is 0 Å². The van der Waals surface area contributed by atoms with Gasteiger partial charge in [-0.1, -0.05) is 61.0 Å². The average molecular weight is 552 g/mol. The maximum Gasteiger partial charge on any atom is 0.290 e. The van der Waals surface area contributed by atoms with Crippen molar-refractivity contribution in [3.05, 3.63) is 12.7 Å². The molecule has 5 aliphatic carbocycles. The lowest BCUT2D eigenvalue weighted by molar-refractivity contribution is -0.226. The number of nitrogens with one attached hydrogen (secondary N) is 1. The fraction of sp³-hybridized carbons (Fsp3) is 0.912. The van der Waals surface area contributed by atoms with Crippen molar-refractivity contribution in [3.63, 3.8) is 0 Å². The summed E-state index contributed by atoms with van der Waals surface area (Å²) in [5.74, 6) is 5.40. The van der Waals surface area contributed by atoms with E-state index in [1.165, 1.54) is 70.6 Å². The summed E-state index contributed by atoms with van der Waals surface area (Å²) in [5, 5.41) is 10.7. The molecule has 0 aromatic heterocycles. The van der Waals surface area contributed by atoms with Crippen molar-refractivity contribution >= 4 is 18.1 Å². The molecule has 0 heterocycles. The molecule has 0 radical (unpaired) electrons. The van der Waals surface area contributed by atoms with Crippen LogP contribution in [0.15, 0.2) is 12.7 Å². The molecule has 8 unspecified atom stereocenters. The number of hydrogen-bond donors (Lipinski definition) is 2. The van der Waals surface area contributed by atoms with Crippen LogP contribution in [0.25, 0.3) is 0 Å². The maximum absolute atomic E-state index is 8.36. The van der Waals surface area contributed by atoms with E-state index in [0.29, 0.717) is 27.7 Å².